The largest absolute Gasteiger partial charge is 0.497 e. The minimum atomic E-state index is 0.0783. The smallest absolute Gasteiger partial charge is 0.255 e. The summed E-state index contributed by atoms with van der Waals surface area (Å²) < 4.78 is 6.04. The van der Waals surface area contributed by atoms with E-state index < -0.39 is 0 Å². The Balaban J connectivity index is 1.69. The Bertz CT molecular complexity index is 649. The lowest BCUT2D eigenvalue weighted by Gasteiger charge is -2.32. The summed E-state index contributed by atoms with van der Waals surface area (Å²) in [6.45, 7) is 1.62. The molecule has 5 heteroatoms. The van der Waals surface area contributed by atoms with Crippen molar-refractivity contribution in [3.8, 4) is 5.75 Å². The molecular weight excluding hydrogens is 362 g/mol. The fourth-order valence-electron chi connectivity index (χ4n) is 2.89. The summed E-state index contributed by atoms with van der Waals surface area (Å²) in [5.41, 5.74) is 2.09. The van der Waals surface area contributed by atoms with Gasteiger partial charge in [0.1, 0.15) is 5.75 Å². The zero-order valence-electron chi connectivity index (χ0n) is 12.4. The first-order chi connectivity index (χ1) is 10.7. The predicted octanol–water partition coefficient (Wildman–Crippen LogP) is 4.54. The van der Waals surface area contributed by atoms with E-state index in [2.05, 4.69) is 32.8 Å². The van der Waals surface area contributed by atoms with Crippen molar-refractivity contribution in [1.82, 2.24) is 4.90 Å². The molecule has 22 heavy (non-hydrogen) atoms. The molecule has 1 amide bonds. The van der Waals surface area contributed by atoms with E-state index in [9.17, 15) is 4.79 Å². The Kier molecular flexibility index (Phi) is 4.84. The number of halogens is 1. The number of carbonyl (C=O) groups excluding carboxylic acids is 1. The van der Waals surface area contributed by atoms with Crippen molar-refractivity contribution in [2.45, 2.75) is 18.8 Å². The maximum Gasteiger partial charge on any atom is 0.255 e. The topological polar surface area (TPSA) is 29.5 Å². The molecule has 1 fully saturated rings. The Hall–Kier alpha value is -1.33. The van der Waals surface area contributed by atoms with Crippen molar-refractivity contribution in [2.24, 2.45) is 0 Å². The van der Waals surface area contributed by atoms with Crippen molar-refractivity contribution >= 4 is 33.2 Å². The molecule has 0 spiro atoms. The molecule has 3 rings (SSSR count). The van der Waals surface area contributed by atoms with Crippen LogP contribution in [0.25, 0.3) is 0 Å². The van der Waals surface area contributed by atoms with E-state index in [1.54, 1.807) is 24.5 Å². The molecule has 0 unspecified atom stereocenters. The van der Waals surface area contributed by atoms with Crippen molar-refractivity contribution in [3.05, 3.63) is 50.6 Å². The van der Waals surface area contributed by atoms with Crippen molar-refractivity contribution in [2.75, 3.05) is 20.2 Å². The lowest BCUT2D eigenvalue weighted by Crippen LogP contribution is -2.38. The van der Waals surface area contributed by atoms with Gasteiger partial charge in [-0.1, -0.05) is 0 Å². The van der Waals surface area contributed by atoms with Gasteiger partial charge in [-0.05, 0) is 75.3 Å². The Morgan fingerprint density at radius 1 is 1.32 bits per heavy atom. The average Bonchev–Trinajstić information content (AvgIpc) is 3.09. The van der Waals surface area contributed by atoms with Gasteiger partial charge in [0, 0.05) is 17.6 Å². The molecule has 1 aromatic heterocycles. The number of hydrogen-bond acceptors (Lipinski definition) is 3. The van der Waals surface area contributed by atoms with Gasteiger partial charge in [0.2, 0.25) is 0 Å². The highest BCUT2D eigenvalue weighted by atomic mass is 79.9. The van der Waals surface area contributed by atoms with Crippen molar-refractivity contribution < 1.29 is 9.53 Å². The van der Waals surface area contributed by atoms with E-state index in [-0.39, 0.29) is 5.91 Å². The Morgan fingerprint density at radius 2 is 2.09 bits per heavy atom. The molecule has 116 valence electrons. The molecule has 0 saturated carbocycles. The number of carbonyl (C=O) groups is 1. The van der Waals surface area contributed by atoms with E-state index in [1.165, 1.54) is 5.56 Å². The average molecular weight is 380 g/mol. The lowest BCUT2D eigenvalue weighted by atomic mass is 9.91. The number of likely N-dealkylation sites (tertiary alicyclic amines) is 1. The van der Waals surface area contributed by atoms with Gasteiger partial charge in [-0.3, -0.25) is 4.79 Å². The fraction of sp³-hybridized carbons (Fsp3) is 0.353. The van der Waals surface area contributed by atoms with Gasteiger partial charge in [-0.25, -0.2) is 0 Å². The van der Waals surface area contributed by atoms with Gasteiger partial charge >= 0.3 is 0 Å². The second-order valence-electron chi connectivity index (χ2n) is 5.47. The molecule has 1 aliphatic rings. The highest BCUT2D eigenvalue weighted by Crippen LogP contribution is 2.31. The highest BCUT2D eigenvalue weighted by molar-refractivity contribution is 9.10. The molecule has 0 radical (unpaired) electrons. The number of hydrogen-bond donors (Lipinski definition) is 0. The first kappa shape index (κ1) is 15.6. The molecule has 2 heterocycles. The quantitative estimate of drug-likeness (QED) is 0.783. The van der Waals surface area contributed by atoms with Gasteiger partial charge in [0.15, 0.2) is 0 Å². The molecule has 2 aromatic rings. The molecule has 3 nitrogen and oxygen atoms in total. The highest BCUT2D eigenvalue weighted by Gasteiger charge is 2.26. The number of thiophene rings is 1. The molecule has 0 aliphatic carbocycles. The molecule has 0 bridgehead atoms. The van der Waals surface area contributed by atoms with Crippen LogP contribution in [0, 0.1) is 0 Å². The first-order valence-corrected chi connectivity index (χ1v) is 9.07. The SMILES string of the molecule is COc1ccc(Br)c(C(=O)N2CCC(c3ccsc3)CC2)c1. The third-order valence-corrected chi connectivity index (χ3v) is 5.59. The van der Waals surface area contributed by atoms with Crippen LogP contribution < -0.4 is 4.74 Å². The lowest BCUT2D eigenvalue weighted by molar-refractivity contribution is 0.0712. The molecule has 0 atom stereocenters. The van der Waals surface area contributed by atoms with E-state index in [0.29, 0.717) is 17.2 Å². The fourth-order valence-corrected chi connectivity index (χ4v) is 4.05. The van der Waals surface area contributed by atoms with Crippen LogP contribution >= 0.6 is 27.3 Å². The van der Waals surface area contributed by atoms with Crippen LogP contribution in [0.5, 0.6) is 5.75 Å². The second kappa shape index (κ2) is 6.84. The van der Waals surface area contributed by atoms with E-state index in [4.69, 9.17) is 4.74 Å². The number of amides is 1. The van der Waals surface area contributed by atoms with Crippen LogP contribution in [0.1, 0.15) is 34.7 Å². The summed E-state index contributed by atoms with van der Waals surface area (Å²) in [7, 11) is 1.61. The standard InChI is InChI=1S/C17H18BrNO2S/c1-21-14-2-3-16(18)15(10-14)17(20)19-7-4-12(5-8-19)13-6-9-22-11-13/h2-3,6,9-12H,4-5,7-8H2,1H3. The van der Waals surface area contributed by atoms with E-state index >= 15 is 0 Å². The molecule has 0 N–H and O–H groups in total. The first-order valence-electron chi connectivity index (χ1n) is 7.34. The van der Waals surface area contributed by atoms with Crippen LogP contribution in [0.2, 0.25) is 0 Å². The minimum absolute atomic E-state index is 0.0783. The molecule has 1 saturated heterocycles. The third kappa shape index (κ3) is 3.20. The van der Waals surface area contributed by atoms with Gasteiger partial charge in [0.25, 0.3) is 5.91 Å². The monoisotopic (exact) mass is 379 g/mol. The normalized spacial score (nSPS) is 15.8. The number of methoxy groups -OCH3 is 1. The van der Waals surface area contributed by atoms with Gasteiger partial charge in [-0.15, -0.1) is 0 Å². The van der Waals surface area contributed by atoms with Crippen LogP contribution in [0.4, 0.5) is 0 Å². The summed E-state index contributed by atoms with van der Waals surface area (Å²) in [5.74, 6) is 1.37. The number of rotatable bonds is 3. The van der Waals surface area contributed by atoms with Crippen LogP contribution in [-0.2, 0) is 0 Å². The maximum absolute atomic E-state index is 12.7. The molecule has 1 aliphatic heterocycles. The van der Waals surface area contributed by atoms with Crippen LogP contribution in [0.3, 0.4) is 0 Å². The van der Waals surface area contributed by atoms with Crippen molar-refractivity contribution in [1.29, 1.82) is 0 Å². The van der Waals surface area contributed by atoms with Crippen molar-refractivity contribution in [3.63, 3.8) is 0 Å². The molecular formula is C17H18BrNO2S. The second-order valence-corrected chi connectivity index (χ2v) is 7.10. The van der Waals surface area contributed by atoms with Crippen LogP contribution in [0.15, 0.2) is 39.5 Å². The number of ether oxygens (including phenoxy) is 1. The zero-order valence-corrected chi connectivity index (χ0v) is 14.8. The predicted molar refractivity (Wildman–Crippen MR) is 92.9 cm³/mol. The van der Waals surface area contributed by atoms with E-state index in [1.807, 2.05) is 17.0 Å². The number of benzene rings is 1. The van der Waals surface area contributed by atoms with Gasteiger partial charge in [0.05, 0.1) is 12.7 Å². The number of piperidine rings is 1. The zero-order chi connectivity index (χ0) is 15.5. The minimum Gasteiger partial charge on any atom is -0.497 e. The number of nitrogens with zero attached hydrogens (tertiary/aromatic N) is 1. The summed E-state index contributed by atoms with van der Waals surface area (Å²) >= 11 is 5.21. The van der Waals surface area contributed by atoms with Crippen LogP contribution in [-0.4, -0.2) is 31.0 Å². The Morgan fingerprint density at radius 3 is 2.73 bits per heavy atom. The summed E-state index contributed by atoms with van der Waals surface area (Å²) in [6.07, 6.45) is 2.06. The Labute approximate surface area is 143 Å². The molecule has 1 aromatic carbocycles. The summed E-state index contributed by atoms with van der Waals surface area (Å²) in [5, 5.41) is 4.35. The van der Waals surface area contributed by atoms with Gasteiger partial charge < -0.3 is 9.64 Å². The third-order valence-electron chi connectivity index (χ3n) is 4.20. The summed E-state index contributed by atoms with van der Waals surface area (Å²) in [4.78, 5) is 14.7. The summed E-state index contributed by atoms with van der Waals surface area (Å²) in [6, 6.07) is 7.72. The van der Waals surface area contributed by atoms with E-state index in [0.717, 1.165) is 30.4 Å². The van der Waals surface area contributed by atoms with Gasteiger partial charge in [-0.2, -0.15) is 11.3 Å². The maximum atomic E-state index is 12.7.